The van der Waals surface area contributed by atoms with Crippen molar-refractivity contribution in [3.05, 3.63) is 204 Å². The number of furan rings is 1. The number of hydrogen-bond acceptors (Lipinski definition) is 1. The molecule has 1 nitrogen and oxygen atoms in total. The molecule has 0 fully saturated rings. The van der Waals surface area contributed by atoms with E-state index < -0.39 is 0 Å². The molecule has 0 amide bonds. The van der Waals surface area contributed by atoms with Gasteiger partial charge in [-0.1, -0.05) is 161 Å². The molecular formula is C60H42O. The highest BCUT2D eigenvalue weighted by atomic mass is 16.3. The number of benzene rings is 10. The van der Waals surface area contributed by atoms with Gasteiger partial charge in [0, 0.05) is 21.6 Å². The lowest BCUT2D eigenvalue weighted by molar-refractivity contribution is 0.660. The van der Waals surface area contributed by atoms with E-state index in [1.807, 2.05) is 0 Å². The number of rotatable bonds is 3. The van der Waals surface area contributed by atoms with Crippen LogP contribution in [0.2, 0.25) is 0 Å². The highest BCUT2D eigenvalue weighted by molar-refractivity contribution is 6.22. The Morgan fingerprint density at radius 1 is 0.295 bits per heavy atom. The van der Waals surface area contributed by atoms with Crippen LogP contribution in [0.1, 0.15) is 49.9 Å². The Kier molecular flexibility index (Phi) is 6.91. The Bertz CT molecular complexity index is 3650. The first-order chi connectivity index (χ1) is 29.7. The molecule has 0 atom stereocenters. The lowest BCUT2D eigenvalue weighted by atomic mass is 9.80. The van der Waals surface area contributed by atoms with Crippen LogP contribution < -0.4 is 0 Å². The Hall–Kier alpha value is -7.22. The summed E-state index contributed by atoms with van der Waals surface area (Å²) in [6.45, 7) is 9.46. The van der Waals surface area contributed by atoms with Crippen molar-refractivity contribution in [1.82, 2.24) is 0 Å². The maximum Gasteiger partial charge on any atom is 0.135 e. The van der Waals surface area contributed by atoms with Gasteiger partial charge in [-0.3, -0.25) is 0 Å². The van der Waals surface area contributed by atoms with Crippen molar-refractivity contribution >= 4 is 54.3 Å². The molecule has 10 aromatic carbocycles. The standard InChI is InChI=1S/C60H42O/c1-59(2)51-20-12-11-15-41(51)42-25-21-40(34-53(42)59)58-45-18-9-7-16-43(45)57(44-17-8-10-19-46(44)58)39-24-28-56-50(32-39)49-31-38(23-27-55(49)61-56)37-22-26-52-47(30-37)48-29-35-13-5-6-14-36(35)33-54(48)60(52,3)4/h5-34H,1-4H3. The van der Waals surface area contributed by atoms with Gasteiger partial charge in [0.25, 0.3) is 0 Å². The predicted molar refractivity (Wildman–Crippen MR) is 258 cm³/mol. The number of fused-ring (bicyclic) bond motifs is 12. The number of hydrogen-bond donors (Lipinski definition) is 0. The minimum Gasteiger partial charge on any atom is -0.456 e. The lowest BCUT2D eigenvalue weighted by Crippen LogP contribution is -2.14. The Labute approximate surface area is 355 Å². The van der Waals surface area contributed by atoms with Gasteiger partial charge in [0.05, 0.1) is 0 Å². The third-order valence-corrected chi connectivity index (χ3v) is 14.4. The third kappa shape index (κ3) is 4.78. The van der Waals surface area contributed by atoms with Crippen molar-refractivity contribution < 1.29 is 4.42 Å². The van der Waals surface area contributed by atoms with Gasteiger partial charge in [0.15, 0.2) is 0 Å². The van der Waals surface area contributed by atoms with E-state index in [1.165, 1.54) is 110 Å². The van der Waals surface area contributed by atoms with Crippen LogP contribution in [0.15, 0.2) is 186 Å². The molecule has 0 radical (unpaired) electrons. The average Bonchev–Trinajstić information content (AvgIpc) is 3.85. The minimum absolute atomic E-state index is 0.0640. The zero-order chi connectivity index (χ0) is 40.8. The first-order valence-electron chi connectivity index (χ1n) is 21.6. The van der Waals surface area contributed by atoms with E-state index in [0.717, 1.165) is 21.9 Å². The summed E-state index contributed by atoms with van der Waals surface area (Å²) in [4.78, 5) is 0. The van der Waals surface area contributed by atoms with Crippen LogP contribution in [0.3, 0.4) is 0 Å². The zero-order valence-electron chi connectivity index (χ0n) is 34.7. The summed E-state index contributed by atoms with van der Waals surface area (Å²) in [5.74, 6) is 0. The summed E-state index contributed by atoms with van der Waals surface area (Å²) in [5, 5.41) is 9.87. The van der Waals surface area contributed by atoms with Crippen LogP contribution in [0.25, 0.3) is 110 Å². The maximum atomic E-state index is 6.55. The van der Waals surface area contributed by atoms with Gasteiger partial charge in [0.1, 0.15) is 11.2 Å². The second-order valence-electron chi connectivity index (χ2n) is 18.4. The van der Waals surface area contributed by atoms with E-state index >= 15 is 0 Å². The van der Waals surface area contributed by atoms with Gasteiger partial charge in [-0.15, -0.1) is 0 Å². The lowest BCUT2D eigenvalue weighted by Gasteiger charge is -2.23. The smallest absolute Gasteiger partial charge is 0.135 e. The second-order valence-corrected chi connectivity index (χ2v) is 18.4. The fourth-order valence-electron chi connectivity index (χ4n) is 11.3. The summed E-state index contributed by atoms with van der Waals surface area (Å²) < 4.78 is 6.55. The monoisotopic (exact) mass is 778 g/mol. The minimum atomic E-state index is -0.0751. The molecule has 1 heterocycles. The SMILES string of the molecule is CC1(C)c2ccccc2-c2ccc(-c3c4ccccc4c(-c4ccc5oc6ccc(-c7ccc8c(c7)-c7cc9ccccc9cc7C8(C)C)cc6c5c4)c4ccccc34)cc21. The van der Waals surface area contributed by atoms with E-state index in [4.69, 9.17) is 4.42 Å². The van der Waals surface area contributed by atoms with Crippen LogP contribution >= 0.6 is 0 Å². The van der Waals surface area contributed by atoms with Crippen molar-refractivity contribution in [2.24, 2.45) is 0 Å². The maximum absolute atomic E-state index is 6.55. The largest absolute Gasteiger partial charge is 0.456 e. The van der Waals surface area contributed by atoms with Crippen LogP contribution in [0.4, 0.5) is 0 Å². The molecule has 0 unspecified atom stereocenters. The summed E-state index contributed by atoms with van der Waals surface area (Å²) in [7, 11) is 0. The molecule has 288 valence electrons. The summed E-state index contributed by atoms with van der Waals surface area (Å²) in [6.07, 6.45) is 0. The fraction of sp³-hybridized carbons (Fsp3) is 0.100. The Balaban J connectivity index is 0.967. The molecule has 0 N–H and O–H groups in total. The van der Waals surface area contributed by atoms with Crippen LogP contribution in [0.5, 0.6) is 0 Å². The van der Waals surface area contributed by atoms with Gasteiger partial charge in [-0.05, 0) is 159 Å². The van der Waals surface area contributed by atoms with Gasteiger partial charge >= 0.3 is 0 Å². The van der Waals surface area contributed by atoms with Crippen molar-refractivity contribution in [3.8, 4) is 55.6 Å². The molecule has 11 aromatic rings. The molecular weight excluding hydrogens is 737 g/mol. The van der Waals surface area contributed by atoms with E-state index in [9.17, 15) is 0 Å². The quantitative estimate of drug-likeness (QED) is 0.163. The fourth-order valence-corrected chi connectivity index (χ4v) is 11.3. The molecule has 2 aliphatic carbocycles. The average molecular weight is 779 g/mol. The summed E-state index contributed by atoms with van der Waals surface area (Å²) >= 11 is 0. The predicted octanol–water partition coefficient (Wildman–Crippen LogP) is 16.7. The van der Waals surface area contributed by atoms with Crippen molar-refractivity contribution in [1.29, 1.82) is 0 Å². The van der Waals surface area contributed by atoms with E-state index in [1.54, 1.807) is 0 Å². The van der Waals surface area contributed by atoms with E-state index in [2.05, 4.69) is 210 Å². The molecule has 13 rings (SSSR count). The molecule has 1 heteroatoms. The van der Waals surface area contributed by atoms with E-state index in [0.29, 0.717) is 0 Å². The molecule has 0 bridgehead atoms. The summed E-state index contributed by atoms with van der Waals surface area (Å²) in [6, 6.07) is 68.1. The Morgan fingerprint density at radius 3 is 1.41 bits per heavy atom. The topological polar surface area (TPSA) is 13.1 Å². The van der Waals surface area contributed by atoms with Crippen LogP contribution in [-0.4, -0.2) is 0 Å². The molecule has 0 aliphatic heterocycles. The second kappa shape index (κ2) is 12.2. The van der Waals surface area contributed by atoms with E-state index in [-0.39, 0.29) is 10.8 Å². The van der Waals surface area contributed by atoms with Crippen LogP contribution in [0, 0.1) is 0 Å². The van der Waals surface area contributed by atoms with Crippen molar-refractivity contribution in [2.75, 3.05) is 0 Å². The molecule has 1 aromatic heterocycles. The van der Waals surface area contributed by atoms with Crippen molar-refractivity contribution in [2.45, 2.75) is 38.5 Å². The molecule has 61 heavy (non-hydrogen) atoms. The van der Waals surface area contributed by atoms with Crippen molar-refractivity contribution in [3.63, 3.8) is 0 Å². The third-order valence-electron chi connectivity index (χ3n) is 14.4. The molecule has 0 saturated carbocycles. The first kappa shape index (κ1) is 34.6. The molecule has 0 saturated heterocycles. The normalized spacial score (nSPS) is 14.5. The Morgan fingerprint density at radius 2 is 0.738 bits per heavy atom. The highest BCUT2D eigenvalue weighted by Gasteiger charge is 2.37. The first-order valence-corrected chi connectivity index (χ1v) is 21.6. The summed E-state index contributed by atoms with van der Waals surface area (Å²) in [5.41, 5.74) is 20.0. The van der Waals surface area contributed by atoms with Gasteiger partial charge in [-0.2, -0.15) is 0 Å². The van der Waals surface area contributed by atoms with Gasteiger partial charge < -0.3 is 4.42 Å². The molecule has 2 aliphatic rings. The zero-order valence-corrected chi connectivity index (χ0v) is 34.7. The van der Waals surface area contributed by atoms with Gasteiger partial charge in [0.2, 0.25) is 0 Å². The highest BCUT2D eigenvalue weighted by Crippen LogP contribution is 2.53. The van der Waals surface area contributed by atoms with Crippen LogP contribution in [-0.2, 0) is 10.8 Å². The van der Waals surface area contributed by atoms with Gasteiger partial charge in [-0.25, -0.2) is 0 Å². The molecule has 0 spiro atoms.